The van der Waals surface area contributed by atoms with E-state index in [0.717, 1.165) is 62.3 Å². The molecular formula is C95H71N3. The lowest BCUT2D eigenvalue weighted by molar-refractivity contribution is 0.978. The van der Waals surface area contributed by atoms with Crippen LogP contribution >= 0.6 is 0 Å². The molecule has 0 heterocycles. The number of para-hydroxylation sites is 4. The molecule has 0 aliphatic rings. The maximum absolute atomic E-state index is 2.41. The number of benzene rings is 16. The molecule has 0 atom stereocenters. The first kappa shape index (κ1) is 60.4. The highest BCUT2D eigenvalue weighted by molar-refractivity contribution is 6.14. The van der Waals surface area contributed by atoms with Crippen molar-refractivity contribution in [2.24, 2.45) is 0 Å². The summed E-state index contributed by atoms with van der Waals surface area (Å²) in [5, 5.41) is 4.93. The van der Waals surface area contributed by atoms with Crippen LogP contribution in [0, 0.1) is 13.8 Å². The fourth-order valence-corrected chi connectivity index (χ4v) is 14.5. The lowest BCUT2D eigenvalue weighted by Crippen LogP contribution is -2.09. The van der Waals surface area contributed by atoms with Crippen molar-refractivity contribution in [2.45, 2.75) is 19.8 Å². The molecule has 0 saturated heterocycles. The van der Waals surface area contributed by atoms with Crippen LogP contribution in [0.2, 0.25) is 0 Å². The molecule has 0 N–H and O–H groups in total. The zero-order valence-electron chi connectivity index (χ0n) is 54.9. The first-order valence-electron chi connectivity index (χ1n) is 33.8. The second-order valence-electron chi connectivity index (χ2n) is 25.3. The Hall–Kier alpha value is -12.6. The molecule has 0 fully saturated rings. The number of fused-ring (bicyclic) bond motifs is 2. The summed E-state index contributed by atoms with van der Waals surface area (Å²) in [5.41, 5.74) is 28.2. The lowest BCUT2D eigenvalue weighted by Gasteiger charge is -2.26. The summed E-state index contributed by atoms with van der Waals surface area (Å²) in [6.07, 6.45) is 0. The van der Waals surface area contributed by atoms with Crippen molar-refractivity contribution >= 4 is 72.7 Å². The quantitative estimate of drug-likeness (QED) is 0.0842. The summed E-state index contributed by atoms with van der Waals surface area (Å²) in [5.74, 6) is 0.155. The Kier molecular flexibility index (Phi) is 16.7. The van der Waals surface area contributed by atoms with Gasteiger partial charge in [0.25, 0.3) is 0 Å². The SMILES string of the molecule is Cc1cc(-c2ccc(N(c3ccccc3)c3ccc(-c4ccc(C(c5ccccc5)c5ccccc5)cc4)cc3)cc2)c2ccccc2c1-c1c(C)cc(-c2ccc(N(c3ccccc3)c3ccc(-c4ccc(N(c5ccccc5)c5ccccc5)cc4)cc3)cc2)c2ccccc12. The number of anilines is 9. The van der Waals surface area contributed by atoms with Gasteiger partial charge in [-0.3, -0.25) is 0 Å². The van der Waals surface area contributed by atoms with E-state index in [9.17, 15) is 0 Å². The molecule has 16 aromatic carbocycles. The monoisotopic (exact) mass is 1250 g/mol. The summed E-state index contributed by atoms with van der Waals surface area (Å²) in [6.45, 7) is 4.58. The Labute approximate surface area is 575 Å². The standard InChI is InChI=1S/C95H71N3/c1-67-65-91(73-51-61-85(62-52-73)97(80-33-17-7-18-34-80)83-57-45-70(46-58-83)69-41-43-77(44-42-69)95(75-25-9-3-10-26-75)76-27-11-4-12-28-76)87-37-21-23-39-89(87)93(67)94-68(2)66-92(88-38-22-24-40-90(88)94)74-53-63-86(64-54-74)98(81-35-19-8-20-36-81)84-59-49-72(50-60-84)71-47-55-82(56-48-71)96(78-29-13-5-14-30-78)79-31-15-6-16-32-79/h3-66,95H,1-2H3. The lowest BCUT2D eigenvalue weighted by atomic mass is 9.83. The predicted octanol–water partition coefficient (Wildman–Crippen LogP) is 26.5. The molecule has 0 unspecified atom stereocenters. The van der Waals surface area contributed by atoms with Gasteiger partial charge in [-0.15, -0.1) is 0 Å². The zero-order valence-corrected chi connectivity index (χ0v) is 54.9. The highest BCUT2D eigenvalue weighted by Crippen LogP contribution is 2.47. The van der Waals surface area contributed by atoms with Gasteiger partial charge in [0.1, 0.15) is 0 Å². The summed E-state index contributed by atoms with van der Waals surface area (Å²) < 4.78 is 0. The normalized spacial score (nSPS) is 11.3. The van der Waals surface area contributed by atoms with E-state index >= 15 is 0 Å². The van der Waals surface area contributed by atoms with E-state index in [1.54, 1.807) is 0 Å². The second kappa shape index (κ2) is 27.0. The molecule has 16 aromatic rings. The average molecular weight is 1250 g/mol. The van der Waals surface area contributed by atoms with Crippen LogP contribution in [0.1, 0.15) is 33.7 Å². The third-order valence-corrected chi connectivity index (χ3v) is 19.2. The Morgan fingerprint density at radius 3 is 0.663 bits per heavy atom. The van der Waals surface area contributed by atoms with Gasteiger partial charge in [-0.05, 0) is 228 Å². The van der Waals surface area contributed by atoms with Crippen molar-refractivity contribution in [3.05, 3.63) is 416 Å². The molecular weight excluding hydrogens is 1180 g/mol. The van der Waals surface area contributed by atoms with Crippen LogP contribution in [0.5, 0.6) is 0 Å². The Morgan fingerprint density at radius 2 is 0.388 bits per heavy atom. The number of rotatable bonds is 17. The van der Waals surface area contributed by atoms with Crippen LogP contribution in [0.4, 0.5) is 51.2 Å². The van der Waals surface area contributed by atoms with E-state index in [0.29, 0.717) is 0 Å². The summed E-state index contributed by atoms with van der Waals surface area (Å²) in [7, 11) is 0. The highest BCUT2D eigenvalue weighted by Gasteiger charge is 2.23. The third kappa shape index (κ3) is 12.0. The molecule has 3 nitrogen and oxygen atoms in total. The molecule has 0 amide bonds. The first-order valence-corrected chi connectivity index (χ1v) is 33.8. The maximum atomic E-state index is 2.41. The van der Waals surface area contributed by atoms with Gasteiger partial charge >= 0.3 is 0 Å². The minimum Gasteiger partial charge on any atom is -0.311 e. The molecule has 16 rings (SSSR count). The first-order chi connectivity index (χ1) is 48.5. The van der Waals surface area contributed by atoms with Gasteiger partial charge in [0, 0.05) is 57.1 Å². The minimum atomic E-state index is 0.155. The smallest absolute Gasteiger partial charge is 0.0462 e. The van der Waals surface area contributed by atoms with Crippen molar-refractivity contribution in [3.63, 3.8) is 0 Å². The van der Waals surface area contributed by atoms with Gasteiger partial charge in [0.15, 0.2) is 0 Å². The molecule has 0 aromatic heterocycles. The Balaban J connectivity index is 0.673. The summed E-state index contributed by atoms with van der Waals surface area (Å²) >= 11 is 0. The third-order valence-electron chi connectivity index (χ3n) is 19.2. The van der Waals surface area contributed by atoms with Gasteiger partial charge in [-0.1, -0.05) is 279 Å². The topological polar surface area (TPSA) is 9.72 Å². The molecule has 0 radical (unpaired) electrons. The van der Waals surface area contributed by atoms with Gasteiger partial charge < -0.3 is 14.7 Å². The fraction of sp³-hybridized carbons (Fsp3) is 0.0316. The van der Waals surface area contributed by atoms with E-state index < -0.39 is 0 Å². The van der Waals surface area contributed by atoms with E-state index in [-0.39, 0.29) is 5.92 Å². The maximum Gasteiger partial charge on any atom is 0.0462 e. The average Bonchev–Trinajstić information content (AvgIpc) is 0.736. The van der Waals surface area contributed by atoms with Crippen LogP contribution in [0.3, 0.4) is 0 Å². The van der Waals surface area contributed by atoms with Crippen molar-refractivity contribution in [1.29, 1.82) is 0 Å². The van der Waals surface area contributed by atoms with Crippen LogP contribution in [-0.4, -0.2) is 0 Å². The number of hydrogen-bond donors (Lipinski definition) is 0. The molecule has 0 saturated carbocycles. The zero-order chi connectivity index (χ0) is 65.7. The number of nitrogens with zero attached hydrogens (tertiary/aromatic N) is 3. The Morgan fingerprint density at radius 1 is 0.184 bits per heavy atom. The Bertz CT molecular complexity index is 4950. The van der Waals surface area contributed by atoms with E-state index in [1.807, 2.05) is 0 Å². The summed E-state index contributed by atoms with van der Waals surface area (Å²) in [4.78, 5) is 7.00. The molecule has 0 aliphatic heterocycles. The van der Waals surface area contributed by atoms with Crippen molar-refractivity contribution < 1.29 is 0 Å². The molecule has 0 bridgehead atoms. The van der Waals surface area contributed by atoms with Gasteiger partial charge in [-0.2, -0.15) is 0 Å². The van der Waals surface area contributed by atoms with Crippen LogP contribution in [0.25, 0.3) is 77.2 Å². The predicted molar refractivity (Wildman–Crippen MR) is 416 cm³/mol. The largest absolute Gasteiger partial charge is 0.311 e. The number of aryl methyl sites for hydroxylation is 2. The van der Waals surface area contributed by atoms with Crippen LogP contribution < -0.4 is 14.7 Å². The highest BCUT2D eigenvalue weighted by atomic mass is 15.2. The van der Waals surface area contributed by atoms with Gasteiger partial charge in [0.05, 0.1) is 0 Å². The van der Waals surface area contributed by atoms with Gasteiger partial charge in [0.2, 0.25) is 0 Å². The van der Waals surface area contributed by atoms with E-state index in [4.69, 9.17) is 0 Å². The van der Waals surface area contributed by atoms with E-state index in [2.05, 4.69) is 417 Å². The summed E-state index contributed by atoms with van der Waals surface area (Å²) in [6, 6.07) is 141. The molecule has 0 aliphatic carbocycles. The second-order valence-corrected chi connectivity index (χ2v) is 25.3. The molecule has 466 valence electrons. The van der Waals surface area contributed by atoms with Crippen molar-refractivity contribution in [1.82, 2.24) is 0 Å². The fourth-order valence-electron chi connectivity index (χ4n) is 14.5. The molecule has 98 heavy (non-hydrogen) atoms. The van der Waals surface area contributed by atoms with Crippen molar-refractivity contribution in [3.8, 4) is 55.6 Å². The number of hydrogen-bond acceptors (Lipinski definition) is 3. The molecule has 0 spiro atoms. The van der Waals surface area contributed by atoms with E-state index in [1.165, 1.54) is 93.9 Å². The van der Waals surface area contributed by atoms with Crippen LogP contribution in [0.15, 0.2) is 388 Å². The molecule has 3 heteroatoms. The van der Waals surface area contributed by atoms with Crippen LogP contribution in [-0.2, 0) is 0 Å². The van der Waals surface area contributed by atoms with Crippen molar-refractivity contribution in [2.75, 3.05) is 14.7 Å². The van der Waals surface area contributed by atoms with Gasteiger partial charge in [-0.25, -0.2) is 0 Å². The minimum absolute atomic E-state index is 0.155.